The van der Waals surface area contributed by atoms with E-state index in [2.05, 4.69) is 0 Å². The Morgan fingerprint density at radius 3 is 2.68 bits per heavy atom. The Hall–Kier alpha value is -0.900. The van der Waals surface area contributed by atoms with Crippen LogP contribution in [0.25, 0.3) is 0 Å². The molecule has 1 unspecified atom stereocenters. The van der Waals surface area contributed by atoms with Gasteiger partial charge in [0.25, 0.3) is 0 Å². The lowest BCUT2D eigenvalue weighted by molar-refractivity contribution is -0.116. The topological polar surface area (TPSA) is 17.1 Å². The van der Waals surface area contributed by atoms with E-state index in [1.807, 2.05) is 17.5 Å². The molecule has 0 N–H and O–H groups in total. The molecule has 1 nitrogen and oxygen atoms in total. The Balaban J connectivity index is 2.47. The van der Waals surface area contributed by atoms with Gasteiger partial charge in [-0.25, -0.2) is 4.39 Å². The first-order valence-electron chi connectivity index (χ1n) is 5.61. The van der Waals surface area contributed by atoms with E-state index in [0.717, 1.165) is 4.88 Å². The molecule has 0 aliphatic carbocycles. The molecule has 2 rings (SSSR count). The number of carbonyl (C=O) groups is 1. The third-order valence-corrected chi connectivity index (χ3v) is 4.60. The third kappa shape index (κ3) is 2.99. The molecule has 1 aromatic heterocycles. The fourth-order valence-corrected chi connectivity index (χ4v) is 3.16. The first-order chi connectivity index (χ1) is 8.93. The molecule has 0 spiro atoms. The minimum Gasteiger partial charge on any atom is -0.280 e. The van der Waals surface area contributed by atoms with Gasteiger partial charge in [0.2, 0.25) is 5.24 Å². The Bertz CT molecular complexity index is 597. The van der Waals surface area contributed by atoms with Crippen LogP contribution in [0.1, 0.15) is 17.4 Å². The Kier molecular flexibility index (Phi) is 4.29. The fraction of sp³-hybridized carbons (Fsp3) is 0.214. The second-order valence-electron chi connectivity index (χ2n) is 4.49. The molecule has 0 bridgehead atoms. The molecule has 5 heteroatoms. The summed E-state index contributed by atoms with van der Waals surface area (Å²) >= 11 is 13.0. The van der Waals surface area contributed by atoms with Gasteiger partial charge in [-0.05, 0) is 48.5 Å². The number of carbonyl (C=O) groups excluding carboxylic acids is 1. The maximum absolute atomic E-state index is 14.0. The van der Waals surface area contributed by atoms with Crippen molar-refractivity contribution >= 4 is 39.8 Å². The lowest BCUT2D eigenvalue weighted by Crippen LogP contribution is -2.32. The molecule has 1 aromatic carbocycles. The summed E-state index contributed by atoms with van der Waals surface area (Å²) in [4.78, 5) is 12.8. The summed E-state index contributed by atoms with van der Waals surface area (Å²) in [6.07, 6.45) is 0.367. The molecular weight excluding hydrogens is 306 g/mol. The summed E-state index contributed by atoms with van der Waals surface area (Å²) in [5.74, 6) is -0.513. The van der Waals surface area contributed by atoms with Crippen molar-refractivity contribution < 1.29 is 9.18 Å². The quantitative estimate of drug-likeness (QED) is 0.740. The summed E-state index contributed by atoms with van der Waals surface area (Å²) in [5, 5.41) is 1.62. The highest BCUT2D eigenvalue weighted by Gasteiger charge is 2.36. The summed E-state index contributed by atoms with van der Waals surface area (Å²) in [5.41, 5.74) is -0.827. The summed E-state index contributed by atoms with van der Waals surface area (Å²) in [6.45, 7) is 1.65. The Morgan fingerprint density at radius 2 is 2.16 bits per heavy atom. The molecule has 0 fully saturated rings. The van der Waals surface area contributed by atoms with Crippen LogP contribution >= 0.6 is 34.5 Å². The van der Waals surface area contributed by atoms with Gasteiger partial charge in [-0.2, -0.15) is 0 Å². The van der Waals surface area contributed by atoms with Gasteiger partial charge in [-0.15, -0.1) is 11.3 Å². The van der Waals surface area contributed by atoms with Crippen LogP contribution in [0.3, 0.4) is 0 Å². The number of thiophene rings is 1. The maximum atomic E-state index is 14.0. The molecule has 0 radical (unpaired) electrons. The van der Waals surface area contributed by atoms with Crippen LogP contribution in [-0.4, -0.2) is 5.24 Å². The normalized spacial score (nSPS) is 14.1. The van der Waals surface area contributed by atoms with Gasteiger partial charge in [-0.1, -0.05) is 23.7 Å². The van der Waals surface area contributed by atoms with Crippen molar-refractivity contribution in [3.8, 4) is 0 Å². The van der Waals surface area contributed by atoms with Crippen molar-refractivity contribution in [2.45, 2.75) is 18.8 Å². The van der Waals surface area contributed by atoms with Gasteiger partial charge in [-0.3, -0.25) is 4.79 Å². The van der Waals surface area contributed by atoms with Crippen LogP contribution in [0, 0.1) is 5.82 Å². The molecule has 1 heterocycles. The van der Waals surface area contributed by atoms with E-state index >= 15 is 0 Å². The van der Waals surface area contributed by atoms with Crippen LogP contribution in [0.2, 0.25) is 5.02 Å². The van der Waals surface area contributed by atoms with Gasteiger partial charge in [0, 0.05) is 15.5 Å². The van der Waals surface area contributed by atoms with Crippen molar-refractivity contribution in [2.75, 3.05) is 0 Å². The van der Waals surface area contributed by atoms with E-state index in [1.54, 1.807) is 13.0 Å². The zero-order valence-corrected chi connectivity index (χ0v) is 12.4. The maximum Gasteiger partial charge on any atom is 0.232 e. The van der Waals surface area contributed by atoms with Gasteiger partial charge >= 0.3 is 0 Å². The van der Waals surface area contributed by atoms with E-state index in [1.165, 1.54) is 23.5 Å². The van der Waals surface area contributed by atoms with E-state index in [0.29, 0.717) is 11.4 Å². The summed E-state index contributed by atoms with van der Waals surface area (Å²) < 4.78 is 14.0. The molecule has 1 atom stereocenters. The van der Waals surface area contributed by atoms with Crippen molar-refractivity contribution in [1.82, 2.24) is 0 Å². The zero-order chi connectivity index (χ0) is 14.0. The van der Waals surface area contributed by atoms with Crippen LogP contribution in [0.15, 0.2) is 35.7 Å². The third-order valence-electron chi connectivity index (χ3n) is 3.07. The zero-order valence-electron chi connectivity index (χ0n) is 10.1. The first-order valence-corrected chi connectivity index (χ1v) is 7.25. The molecule has 0 amide bonds. The molecule has 2 aromatic rings. The van der Waals surface area contributed by atoms with Crippen molar-refractivity contribution in [3.63, 3.8) is 0 Å². The second kappa shape index (κ2) is 5.61. The number of halogens is 3. The molecule has 0 saturated carbocycles. The lowest BCUT2D eigenvalue weighted by atomic mass is 9.80. The summed E-state index contributed by atoms with van der Waals surface area (Å²) in [7, 11) is 0. The molecule has 0 aliphatic rings. The van der Waals surface area contributed by atoms with Crippen LogP contribution < -0.4 is 0 Å². The predicted molar refractivity (Wildman–Crippen MR) is 77.6 cm³/mol. The minimum atomic E-state index is -1.10. The average molecular weight is 317 g/mol. The molecule has 100 valence electrons. The van der Waals surface area contributed by atoms with Gasteiger partial charge < -0.3 is 0 Å². The number of hydrogen-bond acceptors (Lipinski definition) is 2. The van der Waals surface area contributed by atoms with E-state index in [4.69, 9.17) is 23.2 Å². The number of hydrogen-bond donors (Lipinski definition) is 0. The standard InChI is InChI=1S/C14H11Cl2FOS/c1-14(13(16)18,8-10-3-2-6-19-10)11-5-4-9(15)7-12(11)17/h2-7H,8H2,1H3. The fourth-order valence-electron chi connectivity index (χ4n) is 1.97. The predicted octanol–water partition coefficient (Wildman–Crippen LogP) is 4.81. The van der Waals surface area contributed by atoms with E-state index in [9.17, 15) is 9.18 Å². The first kappa shape index (κ1) is 14.5. The van der Waals surface area contributed by atoms with Crippen LogP contribution in [-0.2, 0) is 16.6 Å². The summed E-state index contributed by atoms with van der Waals surface area (Å²) in [6, 6.07) is 8.06. The second-order valence-corrected chi connectivity index (χ2v) is 6.30. The highest BCUT2D eigenvalue weighted by molar-refractivity contribution is 7.09. The minimum absolute atomic E-state index is 0.269. The highest BCUT2D eigenvalue weighted by atomic mass is 35.5. The molecule has 19 heavy (non-hydrogen) atoms. The average Bonchev–Trinajstić information content (AvgIpc) is 2.81. The van der Waals surface area contributed by atoms with Crippen molar-refractivity contribution in [2.24, 2.45) is 0 Å². The SMILES string of the molecule is CC(Cc1cccs1)(C(=O)Cl)c1ccc(Cl)cc1F. The molecular formula is C14H11Cl2FOS. The van der Waals surface area contributed by atoms with Crippen LogP contribution in [0.5, 0.6) is 0 Å². The van der Waals surface area contributed by atoms with Gasteiger partial charge in [0.15, 0.2) is 0 Å². The van der Waals surface area contributed by atoms with E-state index in [-0.39, 0.29) is 5.56 Å². The van der Waals surface area contributed by atoms with Crippen molar-refractivity contribution in [1.29, 1.82) is 0 Å². The molecule has 0 saturated heterocycles. The van der Waals surface area contributed by atoms with Gasteiger partial charge in [0.05, 0.1) is 5.41 Å². The molecule has 0 aliphatic heterocycles. The van der Waals surface area contributed by atoms with Crippen molar-refractivity contribution in [3.05, 3.63) is 57.0 Å². The largest absolute Gasteiger partial charge is 0.280 e. The van der Waals surface area contributed by atoms with Gasteiger partial charge in [0.1, 0.15) is 5.82 Å². The Labute approximate surface area is 125 Å². The number of rotatable bonds is 4. The number of benzene rings is 1. The monoisotopic (exact) mass is 316 g/mol. The Morgan fingerprint density at radius 1 is 1.42 bits per heavy atom. The smallest absolute Gasteiger partial charge is 0.232 e. The highest BCUT2D eigenvalue weighted by Crippen LogP contribution is 2.34. The van der Waals surface area contributed by atoms with Crippen LogP contribution in [0.4, 0.5) is 4.39 Å². The van der Waals surface area contributed by atoms with E-state index < -0.39 is 16.5 Å². The lowest BCUT2D eigenvalue weighted by Gasteiger charge is -2.26.